The summed E-state index contributed by atoms with van der Waals surface area (Å²) in [6.07, 6.45) is 0.151. The Morgan fingerprint density at radius 1 is 1.56 bits per heavy atom. The van der Waals surface area contributed by atoms with Crippen molar-refractivity contribution >= 4 is 23.1 Å². The normalized spacial score (nSPS) is 20.2. The molecule has 0 aromatic heterocycles. The van der Waals surface area contributed by atoms with Gasteiger partial charge in [0.15, 0.2) is 0 Å². The molecule has 1 heterocycles. The number of morpholine rings is 1. The van der Waals surface area contributed by atoms with Crippen LogP contribution in [0.4, 0.5) is 5.69 Å². The zero-order valence-electron chi connectivity index (χ0n) is 9.19. The Balaban J connectivity index is 2.22. The van der Waals surface area contributed by atoms with E-state index >= 15 is 0 Å². The molecule has 1 N–H and O–H groups in total. The molecule has 1 aliphatic rings. The lowest BCUT2D eigenvalue weighted by molar-refractivity contribution is 0.0277. The number of nitrogens with one attached hydrogen (secondary N) is 1. The van der Waals surface area contributed by atoms with Crippen molar-refractivity contribution in [1.82, 2.24) is 5.32 Å². The third-order valence-corrected chi connectivity index (χ3v) is 2.78. The van der Waals surface area contributed by atoms with Crippen LogP contribution in [0.15, 0.2) is 23.2 Å². The van der Waals surface area contributed by atoms with Crippen molar-refractivity contribution in [2.75, 3.05) is 19.7 Å². The van der Waals surface area contributed by atoms with Crippen LogP contribution in [0.2, 0.25) is 0 Å². The van der Waals surface area contributed by atoms with Crippen LogP contribution < -0.4 is 5.32 Å². The van der Waals surface area contributed by atoms with E-state index in [1.807, 2.05) is 19.1 Å². The maximum Gasteiger partial charge on any atom is 0.0949 e. The summed E-state index contributed by atoms with van der Waals surface area (Å²) in [4.78, 5) is 4.00. The fraction of sp³-hybridized carbons (Fsp3) is 0.417. The molecule has 1 aliphatic heterocycles. The summed E-state index contributed by atoms with van der Waals surface area (Å²) in [7, 11) is 0. The number of isothiocyanates is 1. The van der Waals surface area contributed by atoms with E-state index in [0.717, 1.165) is 30.9 Å². The van der Waals surface area contributed by atoms with Gasteiger partial charge in [-0.1, -0.05) is 12.1 Å². The van der Waals surface area contributed by atoms with Crippen molar-refractivity contribution in [2.24, 2.45) is 4.99 Å². The molecule has 1 aromatic rings. The zero-order chi connectivity index (χ0) is 11.4. The SMILES string of the molecule is Cc1cc(C2CNCCO2)ccc1N=C=S. The van der Waals surface area contributed by atoms with Gasteiger partial charge in [-0.05, 0) is 36.3 Å². The third-order valence-electron chi connectivity index (χ3n) is 2.69. The molecular weight excluding hydrogens is 220 g/mol. The maximum absolute atomic E-state index is 5.69. The Morgan fingerprint density at radius 2 is 2.44 bits per heavy atom. The van der Waals surface area contributed by atoms with Gasteiger partial charge in [0.05, 0.1) is 23.6 Å². The molecule has 3 nitrogen and oxygen atoms in total. The Hall–Kier alpha value is -1.06. The van der Waals surface area contributed by atoms with E-state index < -0.39 is 0 Å². The fourth-order valence-electron chi connectivity index (χ4n) is 1.83. The molecule has 16 heavy (non-hydrogen) atoms. The van der Waals surface area contributed by atoms with E-state index in [-0.39, 0.29) is 6.10 Å². The second-order valence-electron chi connectivity index (χ2n) is 3.81. The summed E-state index contributed by atoms with van der Waals surface area (Å²) in [5.41, 5.74) is 3.17. The highest BCUT2D eigenvalue weighted by Crippen LogP contribution is 2.25. The van der Waals surface area contributed by atoms with Crippen LogP contribution in [0, 0.1) is 6.92 Å². The number of thiocarbonyl (C=S) groups is 1. The number of rotatable bonds is 2. The maximum atomic E-state index is 5.69. The summed E-state index contributed by atoms with van der Waals surface area (Å²) in [6.45, 7) is 4.59. The molecule has 0 bridgehead atoms. The van der Waals surface area contributed by atoms with Crippen LogP contribution in [0.5, 0.6) is 0 Å². The Kier molecular flexibility index (Phi) is 3.80. The number of ether oxygens (including phenoxy) is 1. The van der Waals surface area contributed by atoms with Gasteiger partial charge in [-0.3, -0.25) is 0 Å². The predicted octanol–water partition coefficient (Wildman–Crippen LogP) is 2.39. The number of hydrogen-bond acceptors (Lipinski definition) is 4. The minimum Gasteiger partial charge on any atom is -0.371 e. The monoisotopic (exact) mass is 234 g/mol. The van der Waals surface area contributed by atoms with E-state index in [1.165, 1.54) is 5.56 Å². The number of aryl methyl sites for hydroxylation is 1. The van der Waals surface area contributed by atoms with Crippen molar-refractivity contribution in [2.45, 2.75) is 13.0 Å². The molecule has 4 heteroatoms. The minimum atomic E-state index is 0.151. The average Bonchev–Trinajstić information content (AvgIpc) is 2.33. The Morgan fingerprint density at radius 3 is 3.06 bits per heavy atom. The molecule has 2 rings (SSSR count). The number of hydrogen-bond donors (Lipinski definition) is 1. The summed E-state index contributed by atoms with van der Waals surface area (Å²) in [6, 6.07) is 6.10. The first-order valence-corrected chi connectivity index (χ1v) is 5.73. The van der Waals surface area contributed by atoms with Crippen molar-refractivity contribution in [3.05, 3.63) is 29.3 Å². The Labute approximate surface area is 101 Å². The molecule has 1 atom stereocenters. The molecule has 1 unspecified atom stereocenters. The van der Waals surface area contributed by atoms with Gasteiger partial charge in [-0.15, -0.1) is 0 Å². The molecule has 1 saturated heterocycles. The van der Waals surface area contributed by atoms with E-state index in [2.05, 4.69) is 33.8 Å². The van der Waals surface area contributed by atoms with Crippen LogP contribution in [-0.2, 0) is 4.74 Å². The van der Waals surface area contributed by atoms with Gasteiger partial charge < -0.3 is 10.1 Å². The lowest BCUT2D eigenvalue weighted by atomic mass is 10.0. The van der Waals surface area contributed by atoms with Crippen LogP contribution in [-0.4, -0.2) is 24.9 Å². The first-order valence-electron chi connectivity index (χ1n) is 5.32. The highest BCUT2D eigenvalue weighted by molar-refractivity contribution is 7.78. The molecule has 0 aliphatic carbocycles. The second kappa shape index (κ2) is 5.32. The van der Waals surface area contributed by atoms with Crippen molar-refractivity contribution in [1.29, 1.82) is 0 Å². The van der Waals surface area contributed by atoms with Crippen LogP contribution in [0.1, 0.15) is 17.2 Å². The predicted molar refractivity (Wildman–Crippen MR) is 67.4 cm³/mol. The van der Waals surface area contributed by atoms with E-state index in [1.54, 1.807) is 0 Å². The van der Waals surface area contributed by atoms with E-state index in [4.69, 9.17) is 4.74 Å². The largest absolute Gasteiger partial charge is 0.371 e. The quantitative estimate of drug-likeness (QED) is 0.630. The molecule has 1 fully saturated rings. The molecule has 0 saturated carbocycles. The van der Waals surface area contributed by atoms with Gasteiger partial charge >= 0.3 is 0 Å². The molecule has 1 aromatic carbocycles. The third kappa shape index (κ3) is 2.54. The van der Waals surface area contributed by atoms with Crippen LogP contribution in [0.3, 0.4) is 0 Å². The first kappa shape index (κ1) is 11.4. The van der Waals surface area contributed by atoms with Gasteiger partial charge in [-0.2, -0.15) is 4.99 Å². The number of aliphatic imine (C=N–C) groups is 1. The molecular formula is C12H14N2OS. The van der Waals surface area contributed by atoms with Crippen molar-refractivity contribution < 1.29 is 4.74 Å². The summed E-state index contributed by atoms with van der Waals surface area (Å²) < 4.78 is 5.69. The number of benzene rings is 1. The molecule has 0 spiro atoms. The summed E-state index contributed by atoms with van der Waals surface area (Å²) in [5, 5.41) is 5.70. The standard InChI is InChI=1S/C12H14N2OS/c1-9-6-10(2-3-11(9)14-8-16)12-7-13-4-5-15-12/h2-3,6,12-13H,4-5,7H2,1H3. The molecule has 0 radical (unpaired) electrons. The summed E-state index contributed by atoms with van der Waals surface area (Å²) in [5.74, 6) is 0. The second-order valence-corrected chi connectivity index (χ2v) is 4.00. The smallest absolute Gasteiger partial charge is 0.0949 e. The van der Waals surface area contributed by atoms with E-state index in [0.29, 0.717) is 0 Å². The van der Waals surface area contributed by atoms with Gasteiger partial charge in [-0.25, -0.2) is 0 Å². The lowest BCUT2D eigenvalue weighted by Crippen LogP contribution is -2.33. The van der Waals surface area contributed by atoms with Gasteiger partial charge in [0, 0.05) is 13.1 Å². The van der Waals surface area contributed by atoms with Crippen LogP contribution >= 0.6 is 12.2 Å². The highest BCUT2D eigenvalue weighted by Gasteiger charge is 2.15. The van der Waals surface area contributed by atoms with Gasteiger partial charge in [0.1, 0.15) is 0 Å². The van der Waals surface area contributed by atoms with Crippen molar-refractivity contribution in [3.63, 3.8) is 0 Å². The molecule has 84 valence electrons. The first-order chi connectivity index (χ1) is 7.81. The minimum absolute atomic E-state index is 0.151. The average molecular weight is 234 g/mol. The van der Waals surface area contributed by atoms with Crippen molar-refractivity contribution in [3.8, 4) is 0 Å². The van der Waals surface area contributed by atoms with Crippen LogP contribution in [0.25, 0.3) is 0 Å². The zero-order valence-corrected chi connectivity index (χ0v) is 10.0. The van der Waals surface area contributed by atoms with E-state index in [9.17, 15) is 0 Å². The Bertz CT molecular complexity index is 421. The molecule has 0 amide bonds. The van der Waals surface area contributed by atoms with Gasteiger partial charge in [0.25, 0.3) is 0 Å². The summed E-state index contributed by atoms with van der Waals surface area (Å²) >= 11 is 4.60. The topological polar surface area (TPSA) is 33.6 Å². The number of nitrogens with zero attached hydrogens (tertiary/aromatic N) is 1. The fourth-order valence-corrected chi connectivity index (χ4v) is 1.93. The highest BCUT2D eigenvalue weighted by atomic mass is 32.1. The lowest BCUT2D eigenvalue weighted by Gasteiger charge is -2.24. The van der Waals surface area contributed by atoms with Gasteiger partial charge in [0.2, 0.25) is 0 Å².